The average molecular weight is 242 g/mol. The maximum Gasteiger partial charge on any atom is 0.311 e. The number of rotatable bonds is 4. The van der Waals surface area contributed by atoms with Crippen LogP contribution in [0.25, 0.3) is 0 Å². The Morgan fingerprint density at radius 1 is 1.24 bits per heavy atom. The molecule has 0 aromatic carbocycles. The van der Waals surface area contributed by atoms with Crippen LogP contribution in [0.3, 0.4) is 0 Å². The molecule has 0 radical (unpaired) electrons. The number of hydrogen-bond donors (Lipinski definition) is 0. The quantitative estimate of drug-likeness (QED) is 0.559. The molecule has 0 heterocycles. The normalized spacial score (nSPS) is 20.0. The van der Waals surface area contributed by atoms with Crippen LogP contribution in [0.1, 0.15) is 59.8 Å². The second kappa shape index (κ2) is 6.39. The van der Waals surface area contributed by atoms with Crippen LogP contribution in [0.5, 0.6) is 0 Å². The number of carbonyl (C=O) groups excluding carboxylic acids is 1. The van der Waals surface area contributed by atoms with E-state index in [2.05, 4.69) is 0 Å². The first kappa shape index (κ1) is 14.5. The summed E-state index contributed by atoms with van der Waals surface area (Å²) in [6.45, 7) is 8.15. The lowest BCUT2D eigenvalue weighted by atomic mass is 9.82. The molecule has 1 aliphatic carbocycles. The van der Waals surface area contributed by atoms with E-state index >= 15 is 0 Å². The lowest BCUT2D eigenvalue weighted by molar-refractivity contribution is -0.169. The highest BCUT2D eigenvalue weighted by Gasteiger charge is 2.28. The summed E-state index contributed by atoms with van der Waals surface area (Å²) in [4.78, 5) is 11.7. The number of carbonyl (C=O) groups is 1. The van der Waals surface area contributed by atoms with Gasteiger partial charge in [0.1, 0.15) is 0 Å². The van der Waals surface area contributed by atoms with Crippen LogP contribution in [0.4, 0.5) is 0 Å². The van der Waals surface area contributed by atoms with Gasteiger partial charge in [0, 0.05) is 0 Å². The van der Waals surface area contributed by atoms with Crippen LogP contribution in [0.2, 0.25) is 0 Å². The van der Waals surface area contributed by atoms with Gasteiger partial charge in [-0.25, -0.2) is 0 Å². The molecule has 3 heteroatoms. The summed E-state index contributed by atoms with van der Waals surface area (Å²) in [6.07, 6.45) is 6.27. The van der Waals surface area contributed by atoms with Crippen LogP contribution >= 0.6 is 0 Å². The highest BCUT2D eigenvalue weighted by Crippen LogP contribution is 2.26. The van der Waals surface area contributed by atoms with Gasteiger partial charge in [0.05, 0.1) is 12.0 Å². The molecular weight excluding hydrogens is 216 g/mol. The van der Waals surface area contributed by atoms with E-state index in [1.165, 1.54) is 19.3 Å². The zero-order chi connectivity index (χ0) is 12.9. The van der Waals surface area contributed by atoms with Crippen LogP contribution in [-0.2, 0) is 14.3 Å². The molecule has 0 aromatic heterocycles. The third-order valence-electron chi connectivity index (χ3n) is 3.71. The molecule has 0 aliphatic heterocycles. The van der Waals surface area contributed by atoms with Gasteiger partial charge in [-0.1, -0.05) is 47.0 Å². The van der Waals surface area contributed by atoms with Crippen molar-refractivity contribution >= 4 is 5.97 Å². The second-order valence-corrected chi connectivity index (χ2v) is 6.10. The zero-order valence-corrected chi connectivity index (χ0v) is 11.6. The minimum Gasteiger partial charge on any atom is -0.438 e. The van der Waals surface area contributed by atoms with Crippen molar-refractivity contribution < 1.29 is 14.3 Å². The first-order valence-electron chi connectivity index (χ1n) is 6.69. The van der Waals surface area contributed by atoms with E-state index in [4.69, 9.17) is 9.47 Å². The van der Waals surface area contributed by atoms with E-state index in [-0.39, 0.29) is 24.1 Å². The molecule has 0 saturated heterocycles. The summed E-state index contributed by atoms with van der Waals surface area (Å²) in [5.41, 5.74) is -0.0536. The lowest BCUT2D eigenvalue weighted by Crippen LogP contribution is -2.29. The molecule has 0 amide bonds. The summed E-state index contributed by atoms with van der Waals surface area (Å²) >= 11 is 0. The van der Waals surface area contributed by atoms with Crippen LogP contribution in [0, 0.1) is 11.3 Å². The molecular formula is C14H26O3. The van der Waals surface area contributed by atoms with Gasteiger partial charge < -0.3 is 9.47 Å². The summed E-state index contributed by atoms with van der Waals surface area (Å²) in [7, 11) is 0. The average Bonchev–Trinajstić information content (AvgIpc) is 2.28. The molecule has 100 valence electrons. The third kappa shape index (κ3) is 5.07. The zero-order valence-electron chi connectivity index (χ0n) is 11.6. The summed E-state index contributed by atoms with van der Waals surface area (Å²) in [6, 6.07) is 0. The summed E-state index contributed by atoms with van der Waals surface area (Å²) in [5.74, 6) is -0.259. The third-order valence-corrected chi connectivity index (χ3v) is 3.71. The van der Waals surface area contributed by atoms with Crippen molar-refractivity contribution in [2.75, 3.05) is 6.79 Å². The fraction of sp³-hybridized carbons (Fsp3) is 0.929. The van der Waals surface area contributed by atoms with Crippen molar-refractivity contribution in [1.29, 1.82) is 0 Å². The molecule has 1 rings (SSSR count). The van der Waals surface area contributed by atoms with Gasteiger partial charge in [0.25, 0.3) is 0 Å². The maximum absolute atomic E-state index is 11.7. The smallest absolute Gasteiger partial charge is 0.311 e. The van der Waals surface area contributed by atoms with E-state index in [0.29, 0.717) is 6.10 Å². The van der Waals surface area contributed by atoms with Crippen LogP contribution in [0.15, 0.2) is 0 Å². The molecule has 0 N–H and O–H groups in total. The van der Waals surface area contributed by atoms with Gasteiger partial charge in [-0.3, -0.25) is 4.79 Å². The SMILES string of the molecule is CC(C(=O)OCOC1CCCCC1)C(C)(C)C. The van der Waals surface area contributed by atoms with Gasteiger partial charge in [-0.2, -0.15) is 0 Å². The molecule has 1 atom stereocenters. The molecule has 1 aliphatic rings. The van der Waals surface area contributed by atoms with Crippen molar-refractivity contribution in [3.05, 3.63) is 0 Å². The van der Waals surface area contributed by atoms with Crippen molar-refractivity contribution in [3.63, 3.8) is 0 Å². The van der Waals surface area contributed by atoms with Crippen molar-refractivity contribution in [2.45, 2.75) is 65.9 Å². The van der Waals surface area contributed by atoms with Crippen molar-refractivity contribution in [1.82, 2.24) is 0 Å². The standard InChI is InChI=1S/C14H26O3/c1-11(14(2,3)4)13(15)17-10-16-12-8-6-5-7-9-12/h11-12H,5-10H2,1-4H3. The fourth-order valence-corrected chi connectivity index (χ4v) is 1.90. The lowest BCUT2D eigenvalue weighted by Gasteiger charge is -2.26. The first-order chi connectivity index (χ1) is 7.91. The Bertz CT molecular complexity index is 236. The Hall–Kier alpha value is -0.570. The molecule has 0 bridgehead atoms. The Labute approximate surface area is 105 Å². The molecule has 0 aromatic rings. The minimum atomic E-state index is -0.159. The van der Waals surface area contributed by atoms with Crippen LogP contribution < -0.4 is 0 Å². The number of ether oxygens (including phenoxy) is 2. The van der Waals surface area contributed by atoms with Crippen LogP contribution in [-0.4, -0.2) is 18.9 Å². The highest BCUT2D eigenvalue weighted by molar-refractivity contribution is 5.72. The van der Waals surface area contributed by atoms with E-state index in [1.807, 2.05) is 27.7 Å². The molecule has 17 heavy (non-hydrogen) atoms. The highest BCUT2D eigenvalue weighted by atomic mass is 16.7. The predicted molar refractivity (Wildman–Crippen MR) is 67.5 cm³/mol. The molecule has 1 fully saturated rings. The summed E-state index contributed by atoms with van der Waals surface area (Å²) < 4.78 is 10.7. The van der Waals surface area contributed by atoms with Gasteiger partial charge in [0.2, 0.25) is 0 Å². The van der Waals surface area contributed by atoms with Crippen molar-refractivity contribution in [3.8, 4) is 0 Å². The van der Waals surface area contributed by atoms with E-state index in [1.54, 1.807) is 0 Å². The van der Waals surface area contributed by atoms with E-state index in [9.17, 15) is 4.79 Å². The fourth-order valence-electron chi connectivity index (χ4n) is 1.90. The Morgan fingerprint density at radius 2 is 1.82 bits per heavy atom. The molecule has 1 unspecified atom stereocenters. The largest absolute Gasteiger partial charge is 0.438 e. The Balaban J connectivity index is 2.19. The maximum atomic E-state index is 11.7. The molecule has 1 saturated carbocycles. The monoisotopic (exact) mass is 242 g/mol. The first-order valence-corrected chi connectivity index (χ1v) is 6.69. The van der Waals surface area contributed by atoms with Gasteiger partial charge in [0.15, 0.2) is 6.79 Å². The Morgan fingerprint density at radius 3 is 2.35 bits per heavy atom. The second-order valence-electron chi connectivity index (χ2n) is 6.10. The molecule has 3 nitrogen and oxygen atoms in total. The topological polar surface area (TPSA) is 35.5 Å². The van der Waals surface area contributed by atoms with E-state index < -0.39 is 0 Å². The Kier molecular flexibility index (Phi) is 5.44. The van der Waals surface area contributed by atoms with E-state index in [0.717, 1.165) is 12.8 Å². The van der Waals surface area contributed by atoms with Gasteiger partial charge in [-0.05, 0) is 18.3 Å². The number of esters is 1. The minimum absolute atomic E-state index is 0.0536. The van der Waals surface area contributed by atoms with Gasteiger partial charge in [-0.15, -0.1) is 0 Å². The molecule has 0 spiro atoms. The van der Waals surface area contributed by atoms with Crippen molar-refractivity contribution in [2.24, 2.45) is 11.3 Å². The summed E-state index contributed by atoms with van der Waals surface area (Å²) in [5, 5.41) is 0. The predicted octanol–water partition coefficient (Wildman–Crippen LogP) is 3.52. The van der Waals surface area contributed by atoms with Gasteiger partial charge >= 0.3 is 5.97 Å². The number of hydrogen-bond acceptors (Lipinski definition) is 3.